The van der Waals surface area contributed by atoms with Crippen molar-refractivity contribution in [3.05, 3.63) is 65.2 Å². The van der Waals surface area contributed by atoms with Gasteiger partial charge in [-0.05, 0) is 55.8 Å². The van der Waals surface area contributed by atoms with Crippen LogP contribution >= 0.6 is 0 Å². The first-order valence-corrected chi connectivity index (χ1v) is 12.2. The van der Waals surface area contributed by atoms with E-state index in [0.717, 1.165) is 12.1 Å². The monoisotopic (exact) mass is 559 g/mol. The first kappa shape index (κ1) is 28.8. The summed E-state index contributed by atoms with van der Waals surface area (Å²) in [5, 5.41) is 15.0. The number of hydrogen-bond acceptors (Lipinski definition) is 5. The number of alkyl halides is 6. The Hall–Kier alpha value is -3.16. The first-order chi connectivity index (χ1) is 18.3. The molecule has 2 aliphatic heterocycles. The van der Waals surface area contributed by atoms with E-state index in [1.54, 1.807) is 24.3 Å². The van der Waals surface area contributed by atoms with Crippen molar-refractivity contribution in [2.45, 2.75) is 43.4 Å². The molecule has 2 fully saturated rings. The summed E-state index contributed by atoms with van der Waals surface area (Å²) in [7, 11) is 0. The van der Waals surface area contributed by atoms with Crippen LogP contribution in [0.2, 0.25) is 0 Å². The zero-order valence-corrected chi connectivity index (χ0v) is 20.6. The maximum Gasteiger partial charge on any atom is 0.430 e. The third-order valence-electron chi connectivity index (χ3n) is 6.96. The number of urea groups is 1. The van der Waals surface area contributed by atoms with Gasteiger partial charge in [-0.2, -0.15) is 26.3 Å². The number of ether oxygens (including phenoxy) is 1. The summed E-state index contributed by atoms with van der Waals surface area (Å²) < 4.78 is 83.5. The van der Waals surface area contributed by atoms with Gasteiger partial charge in [0.15, 0.2) is 5.78 Å². The second kappa shape index (κ2) is 11.1. The predicted molar refractivity (Wildman–Crippen MR) is 128 cm³/mol. The van der Waals surface area contributed by atoms with Crippen molar-refractivity contribution in [1.82, 2.24) is 10.2 Å². The molecule has 0 bridgehead atoms. The van der Waals surface area contributed by atoms with E-state index in [1.165, 1.54) is 0 Å². The fraction of sp³-hybridized carbons (Fsp3) is 0.462. The van der Waals surface area contributed by atoms with Crippen LogP contribution in [-0.4, -0.2) is 66.5 Å². The molecule has 2 aromatic rings. The number of anilines is 1. The van der Waals surface area contributed by atoms with Crippen LogP contribution in [0.5, 0.6) is 0 Å². The number of carbonyl (C=O) groups is 2. The van der Waals surface area contributed by atoms with Gasteiger partial charge in [0.25, 0.3) is 5.60 Å². The van der Waals surface area contributed by atoms with Crippen LogP contribution in [0.15, 0.2) is 48.5 Å². The molecule has 0 unspecified atom stereocenters. The molecule has 3 N–H and O–H groups in total. The number of nitrogens with zero attached hydrogens (tertiary/aromatic N) is 1. The van der Waals surface area contributed by atoms with Crippen molar-refractivity contribution in [2.75, 3.05) is 31.6 Å². The van der Waals surface area contributed by atoms with Crippen molar-refractivity contribution in [3.63, 3.8) is 0 Å². The molecule has 4 rings (SSSR count). The fourth-order valence-electron chi connectivity index (χ4n) is 4.58. The number of aliphatic hydroxyl groups is 1. The number of Topliss-reactive ketones (excluding diaryl/α,β-unsaturated/α-hetero) is 1. The lowest BCUT2D eigenvalue weighted by atomic mass is 9.88. The molecular weight excluding hydrogens is 532 g/mol. The summed E-state index contributed by atoms with van der Waals surface area (Å²) in [5.41, 5.74) is -4.74. The van der Waals surface area contributed by atoms with Crippen LogP contribution in [0, 0.1) is 5.92 Å². The Balaban J connectivity index is 1.28. The lowest BCUT2D eigenvalue weighted by molar-refractivity contribution is -0.376. The highest BCUT2D eigenvalue weighted by Gasteiger charge is 2.71. The van der Waals surface area contributed by atoms with E-state index in [9.17, 15) is 41.0 Å². The maximum absolute atomic E-state index is 13.1. The molecule has 13 heteroatoms. The van der Waals surface area contributed by atoms with Gasteiger partial charge >= 0.3 is 18.4 Å². The zero-order chi connectivity index (χ0) is 28.4. The highest BCUT2D eigenvalue weighted by atomic mass is 19.4. The highest BCUT2D eigenvalue weighted by Crippen LogP contribution is 2.50. The third-order valence-corrected chi connectivity index (χ3v) is 6.96. The minimum atomic E-state index is -5.93. The average molecular weight is 560 g/mol. The molecule has 2 aliphatic rings. The van der Waals surface area contributed by atoms with Crippen LogP contribution in [0.4, 0.5) is 36.8 Å². The summed E-state index contributed by atoms with van der Waals surface area (Å²) in [6.45, 7) is 2.24. The van der Waals surface area contributed by atoms with Crippen molar-refractivity contribution in [1.29, 1.82) is 0 Å². The van der Waals surface area contributed by atoms with Gasteiger partial charge in [-0.1, -0.05) is 24.3 Å². The van der Waals surface area contributed by atoms with Gasteiger partial charge in [0.05, 0.1) is 19.3 Å². The van der Waals surface area contributed by atoms with Gasteiger partial charge in [-0.25, -0.2) is 4.79 Å². The van der Waals surface area contributed by atoms with Gasteiger partial charge in [-0.15, -0.1) is 0 Å². The molecule has 2 saturated heterocycles. The molecule has 2 aromatic carbocycles. The summed E-state index contributed by atoms with van der Waals surface area (Å²) in [5.74, 6) is -0.280. The molecule has 0 atom stereocenters. The Kier molecular flexibility index (Phi) is 8.24. The number of hydrogen-bond donors (Lipinski definition) is 3. The van der Waals surface area contributed by atoms with E-state index in [2.05, 4.69) is 10.6 Å². The SMILES string of the molecule is O=C(Nc1ccc(C(=O)C2CCN(Cc3ccc(C(O)(C(F)(F)F)C(F)(F)F)cc3)CC2)cc1)NC1COC1. The summed E-state index contributed by atoms with van der Waals surface area (Å²) in [6.07, 6.45) is -10.8. The zero-order valence-electron chi connectivity index (χ0n) is 20.6. The van der Waals surface area contributed by atoms with E-state index in [0.29, 0.717) is 68.1 Å². The largest absolute Gasteiger partial charge is 0.430 e. The smallest absolute Gasteiger partial charge is 0.377 e. The Bertz CT molecular complexity index is 1140. The third kappa shape index (κ3) is 6.36. The average Bonchev–Trinajstić information content (AvgIpc) is 2.85. The Morgan fingerprint density at radius 2 is 1.46 bits per heavy atom. The summed E-state index contributed by atoms with van der Waals surface area (Å²) in [6, 6.07) is 9.72. The standard InChI is InChI=1S/C26H27F6N3O4/c27-25(28,29)24(38,26(30,31)32)19-5-1-16(2-6-19)13-35-11-9-18(10-12-35)22(36)17-3-7-20(8-4-17)33-23(37)34-21-14-39-15-21/h1-8,18,21,38H,9-15H2,(H2,33,34,37). The molecule has 39 heavy (non-hydrogen) atoms. The molecule has 212 valence electrons. The molecule has 0 spiro atoms. The molecule has 0 saturated carbocycles. The number of piperidine rings is 1. The number of likely N-dealkylation sites (tertiary alicyclic amines) is 1. The lowest BCUT2D eigenvalue weighted by Crippen LogP contribution is -2.53. The lowest BCUT2D eigenvalue weighted by Gasteiger charge is -2.33. The maximum atomic E-state index is 13.1. The Morgan fingerprint density at radius 3 is 1.95 bits per heavy atom. The molecule has 2 heterocycles. The van der Waals surface area contributed by atoms with Gasteiger partial charge in [0, 0.05) is 29.3 Å². The van der Waals surface area contributed by atoms with Crippen molar-refractivity contribution >= 4 is 17.5 Å². The van der Waals surface area contributed by atoms with Gasteiger partial charge in [0.2, 0.25) is 0 Å². The topological polar surface area (TPSA) is 90.9 Å². The van der Waals surface area contributed by atoms with E-state index >= 15 is 0 Å². The first-order valence-electron chi connectivity index (χ1n) is 12.2. The van der Waals surface area contributed by atoms with Gasteiger partial charge in [0.1, 0.15) is 0 Å². The molecule has 7 nitrogen and oxygen atoms in total. The Labute approximate surface area is 220 Å². The highest BCUT2D eigenvalue weighted by molar-refractivity contribution is 5.98. The second-order valence-corrected chi connectivity index (χ2v) is 9.73. The number of carbonyl (C=O) groups excluding carboxylic acids is 2. The number of rotatable bonds is 7. The van der Waals surface area contributed by atoms with Crippen molar-refractivity contribution < 1.29 is 45.8 Å². The van der Waals surface area contributed by atoms with Crippen molar-refractivity contribution in [2.24, 2.45) is 5.92 Å². The van der Waals surface area contributed by atoms with E-state index in [-0.39, 0.29) is 30.3 Å². The fourth-order valence-corrected chi connectivity index (χ4v) is 4.58. The molecule has 2 amide bonds. The minimum absolute atomic E-state index is 0.0140. The van der Waals surface area contributed by atoms with E-state index in [4.69, 9.17) is 4.74 Å². The minimum Gasteiger partial charge on any atom is -0.377 e. The summed E-state index contributed by atoms with van der Waals surface area (Å²) >= 11 is 0. The van der Waals surface area contributed by atoms with Crippen LogP contribution < -0.4 is 10.6 Å². The number of nitrogens with one attached hydrogen (secondary N) is 2. The predicted octanol–water partition coefficient (Wildman–Crippen LogP) is 4.61. The number of halogens is 6. The second-order valence-electron chi connectivity index (χ2n) is 9.73. The number of ketones is 1. The Morgan fingerprint density at radius 1 is 0.897 bits per heavy atom. The van der Waals surface area contributed by atoms with Gasteiger partial charge < -0.3 is 20.5 Å². The number of benzene rings is 2. The number of amides is 2. The van der Waals surface area contributed by atoms with Gasteiger partial charge in [-0.3, -0.25) is 9.69 Å². The van der Waals surface area contributed by atoms with Crippen LogP contribution in [0.3, 0.4) is 0 Å². The normalized spacial score (nSPS) is 17.9. The molecule has 0 aliphatic carbocycles. The molecular formula is C26H27F6N3O4. The van der Waals surface area contributed by atoms with E-state index in [1.807, 2.05) is 4.90 Å². The van der Waals surface area contributed by atoms with Crippen LogP contribution in [-0.2, 0) is 16.9 Å². The summed E-state index contributed by atoms with van der Waals surface area (Å²) in [4.78, 5) is 26.8. The molecule has 0 aromatic heterocycles. The molecule has 0 radical (unpaired) electrons. The van der Waals surface area contributed by atoms with Crippen molar-refractivity contribution in [3.8, 4) is 0 Å². The van der Waals surface area contributed by atoms with Crippen LogP contribution in [0.25, 0.3) is 0 Å². The van der Waals surface area contributed by atoms with Crippen LogP contribution in [0.1, 0.15) is 34.3 Å². The quantitative estimate of drug-likeness (QED) is 0.341. The van der Waals surface area contributed by atoms with E-state index < -0.39 is 23.5 Å².